The molecule has 0 saturated carbocycles. The molecule has 0 aliphatic rings. The van der Waals surface area contributed by atoms with Gasteiger partial charge in [0, 0.05) is 29.7 Å². The van der Waals surface area contributed by atoms with Crippen LogP contribution in [-0.2, 0) is 0 Å². The largest absolute Gasteiger partial charge is 0.370 e. The van der Waals surface area contributed by atoms with Crippen LogP contribution in [0.1, 0.15) is 38.1 Å². The van der Waals surface area contributed by atoms with Crippen molar-refractivity contribution in [3.05, 3.63) is 41.2 Å². The number of nitrogens with one attached hydrogen (secondary N) is 1. The van der Waals surface area contributed by atoms with E-state index in [9.17, 15) is 8.78 Å². The van der Waals surface area contributed by atoms with Crippen LogP contribution in [0, 0.1) is 18.6 Å². The molecule has 0 saturated heterocycles. The maximum Gasteiger partial charge on any atom is 0.133 e. The van der Waals surface area contributed by atoms with Crippen LogP contribution in [0.4, 0.5) is 14.6 Å². The molecule has 5 heteroatoms. The van der Waals surface area contributed by atoms with E-state index in [2.05, 4.69) is 15.3 Å². The van der Waals surface area contributed by atoms with Crippen molar-refractivity contribution in [3.63, 3.8) is 0 Å². The van der Waals surface area contributed by atoms with Gasteiger partial charge in [-0.1, -0.05) is 13.8 Å². The molecule has 0 atom stereocenters. The number of hydrogen-bond donors (Lipinski definition) is 1. The molecule has 21 heavy (non-hydrogen) atoms. The first-order valence-corrected chi connectivity index (χ1v) is 7.01. The molecule has 3 nitrogen and oxygen atoms in total. The van der Waals surface area contributed by atoms with Crippen LogP contribution in [0.25, 0.3) is 11.3 Å². The monoisotopic (exact) mass is 291 g/mol. The predicted octanol–water partition coefficient (Wildman–Crippen LogP) is 4.29. The average Bonchev–Trinajstić information content (AvgIpc) is 2.39. The Bertz CT molecular complexity index is 634. The average molecular weight is 291 g/mol. The van der Waals surface area contributed by atoms with E-state index in [0.717, 1.165) is 11.6 Å². The fourth-order valence-corrected chi connectivity index (χ4v) is 2.10. The molecule has 0 amide bonds. The molecule has 0 spiro atoms. The molecule has 0 aliphatic heterocycles. The summed E-state index contributed by atoms with van der Waals surface area (Å²) in [7, 11) is 0. The van der Waals surface area contributed by atoms with Crippen molar-refractivity contribution in [1.29, 1.82) is 0 Å². The van der Waals surface area contributed by atoms with Crippen LogP contribution in [-0.4, -0.2) is 16.5 Å². The van der Waals surface area contributed by atoms with E-state index in [1.807, 2.05) is 27.7 Å². The standard InChI is InChI=1S/C16H19F2N3/c1-5-19-16-10(4)14(20-15(21-16)9(2)3)11-6-12(17)8-13(18)7-11/h6-9H,5H2,1-4H3,(H,19,20,21). The summed E-state index contributed by atoms with van der Waals surface area (Å²) in [5.41, 5.74) is 1.77. The molecule has 0 unspecified atom stereocenters. The van der Waals surface area contributed by atoms with Crippen molar-refractivity contribution >= 4 is 5.82 Å². The third-order valence-electron chi connectivity index (χ3n) is 3.16. The summed E-state index contributed by atoms with van der Waals surface area (Å²) in [5.74, 6) is 0.255. The minimum Gasteiger partial charge on any atom is -0.370 e. The quantitative estimate of drug-likeness (QED) is 0.913. The second-order valence-electron chi connectivity index (χ2n) is 5.25. The highest BCUT2D eigenvalue weighted by Crippen LogP contribution is 2.28. The summed E-state index contributed by atoms with van der Waals surface area (Å²) in [6, 6.07) is 3.44. The number of hydrogen-bond acceptors (Lipinski definition) is 3. The van der Waals surface area contributed by atoms with Crippen molar-refractivity contribution in [2.24, 2.45) is 0 Å². The van der Waals surface area contributed by atoms with Gasteiger partial charge in [0.1, 0.15) is 23.3 Å². The second kappa shape index (κ2) is 6.16. The summed E-state index contributed by atoms with van der Waals surface area (Å²) in [5, 5.41) is 3.17. The molecule has 2 aromatic rings. The van der Waals surface area contributed by atoms with E-state index in [4.69, 9.17) is 0 Å². The molecule has 1 N–H and O–H groups in total. The Kier molecular flexibility index (Phi) is 4.50. The maximum atomic E-state index is 13.5. The molecule has 2 rings (SSSR count). The zero-order valence-electron chi connectivity index (χ0n) is 12.7. The van der Waals surface area contributed by atoms with E-state index < -0.39 is 11.6 Å². The zero-order valence-corrected chi connectivity index (χ0v) is 12.7. The first-order chi connectivity index (χ1) is 9.92. The van der Waals surface area contributed by atoms with Gasteiger partial charge in [-0.25, -0.2) is 18.7 Å². The van der Waals surface area contributed by atoms with Crippen LogP contribution in [0.15, 0.2) is 18.2 Å². The highest BCUT2D eigenvalue weighted by atomic mass is 19.1. The number of anilines is 1. The topological polar surface area (TPSA) is 37.8 Å². The summed E-state index contributed by atoms with van der Waals surface area (Å²) in [4.78, 5) is 8.97. The summed E-state index contributed by atoms with van der Waals surface area (Å²) in [6.07, 6.45) is 0. The minimum atomic E-state index is -0.612. The van der Waals surface area contributed by atoms with Gasteiger partial charge < -0.3 is 5.32 Å². The van der Waals surface area contributed by atoms with E-state index in [1.165, 1.54) is 12.1 Å². The third kappa shape index (κ3) is 3.35. The predicted molar refractivity (Wildman–Crippen MR) is 80.4 cm³/mol. The Hall–Kier alpha value is -2.04. The van der Waals surface area contributed by atoms with Gasteiger partial charge in [-0.15, -0.1) is 0 Å². The van der Waals surface area contributed by atoms with Crippen molar-refractivity contribution in [2.75, 3.05) is 11.9 Å². The van der Waals surface area contributed by atoms with Crippen LogP contribution in [0.3, 0.4) is 0 Å². The maximum absolute atomic E-state index is 13.5. The molecule has 1 aromatic heterocycles. The van der Waals surface area contributed by atoms with Crippen molar-refractivity contribution in [2.45, 2.75) is 33.6 Å². The molecule has 112 valence electrons. The van der Waals surface area contributed by atoms with Gasteiger partial charge in [0.25, 0.3) is 0 Å². The Labute approximate surface area is 123 Å². The Morgan fingerprint density at radius 3 is 2.24 bits per heavy atom. The molecule has 0 bridgehead atoms. The van der Waals surface area contributed by atoms with Crippen LogP contribution >= 0.6 is 0 Å². The van der Waals surface area contributed by atoms with E-state index >= 15 is 0 Å². The third-order valence-corrected chi connectivity index (χ3v) is 3.16. The smallest absolute Gasteiger partial charge is 0.133 e. The minimum absolute atomic E-state index is 0.125. The molecule has 0 fully saturated rings. The Morgan fingerprint density at radius 2 is 1.71 bits per heavy atom. The fraction of sp³-hybridized carbons (Fsp3) is 0.375. The van der Waals surface area contributed by atoms with Crippen molar-refractivity contribution in [3.8, 4) is 11.3 Å². The summed E-state index contributed by atoms with van der Waals surface area (Å²) in [6.45, 7) is 8.50. The van der Waals surface area contributed by atoms with Gasteiger partial charge in [0.2, 0.25) is 0 Å². The molecule has 1 heterocycles. The Morgan fingerprint density at radius 1 is 1.10 bits per heavy atom. The first kappa shape index (κ1) is 15.4. The van der Waals surface area contributed by atoms with Gasteiger partial charge in [0.05, 0.1) is 5.69 Å². The highest BCUT2D eigenvalue weighted by Gasteiger charge is 2.15. The first-order valence-electron chi connectivity index (χ1n) is 7.01. The van der Waals surface area contributed by atoms with E-state index in [-0.39, 0.29) is 5.92 Å². The van der Waals surface area contributed by atoms with Crippen molar-refractivity contribution in [1.82, 2.24) is 9.97 Å². The molecular formula is C16H19F2N3. The fourth-order valence-electron chi connectivity index (χ4n) is 2.10. The lowest BCUT2D eigenvalue weighted by atomic mass is 10.1. The molecule has 0 radical (unpaired) electrons. The number of benzene rings is 1. The lowest BCUT2D eigenvalue weighted by Crippen LogP contribution is -2.09. The summed E-state index contributed by atoms with van der Waals surface area (Å²) >= 11 is 0. The normalized spacial score (nSPS) is 11.0. The van der Waals surface area contributed by atoms with Crippen LogP contribution < -0.4 is 5.32 Å². The lowest BCUT2D eigenvalue weighted by molar-refractivity contribution is 0.584. The Balaban J connectivity index is 2.65. The summed E-state index contributed by atoms with van der Waals surface area (Å²) < 4.78 is 26.9. The van der Waals surface area contributed by atoms with Gasteiger partial charge in [-0.05, 0) is 26.0 Å². The number of aromatic nitrogens is 2. The SMILES string of the molecule is CCNc1nc(C(C)C)nc(-c2cc(F)cc(F)c2)c1C. The van der Waals surface area contributed by atoms with Crippen LogP contribution in [0.2, 0.25) is 0 Å². The highest BCUT2D eigenvalue weighted by molar-refractivity contribution is 5.68. The second-order valence-corrected chi connectivity index (χ2v) is 5.25. The van der Waals surface area contributed by atoms with E-state index in [0.29, 0.717) is 29.4 Å². The van der Waals surface area contributed by atoms with Gasteiger partial charge in [-0.3, -0.25) is 0 Å². The number of nitrogens with zero attached hydrogens (tertiary/aromatic N) is 2. The van der Waals surface area contributed by atoms with Gasteiger partial charge in [-0.2, -0.15) is 0 Å². The molecule has 0 aliphatic carbocycles. The molecule has 1 aromatic carbocycles. The van der Waals surface area contributed by atoms with Crippen LogP contribution in [0.5, 0.6) is 0 Å². The number of rotatable bonds is 4. The van der Waals surface area contributed by atoms with Gasteiger partial charge >= 0.3 is 0 Å². The van der Waals surface area contributed by atoms with Gasteiger partial charge in [0.15, 0.2) is 0 Å². The molecular weight excluding hydrogens is 272 g/mol. The van der Waals surface area contributed by atoms with E-state index in [1.54, 1.807) is 0 Å². The zero-order chi connectivity index (χ0) is 15.6. The number of halogens is 2. The lowest BCUT2D eigenvalue weighted by Gasteiger charge is -2.15. The van der Waals surface area contributed by atoms with Crippen molar-refractivity contribution < 1.29 is 8.78 Å².